The Labute approximate surface area is 152 Å². The van der Waals surface area contributed by atoms with E-state index >= 15 is 0 Å². The van der Waals surface area contributed by atoms with Crippen LogP contribution in [0.25, 0.3) is 0 Å². The normalized spacial score (nSPS) is 14.0. The van der Waals surface area contributed by atoms with Crippen molar-refractivity contribution in [3.05, 3.63) is 42.0 Å². The van der Waals surface area contributed by atoms with Gasteiger partial charge in [-0.05, 0) is 36.4 Å². The third-order valence-electron chi connectivity index (χ3n) is 4.27. The Kier molecular flexibility index (Phi) is 5.48. The van der Waals surface area contributed by atoms with Crippen LogP contribution in [0.1, 0.15) is 10.4 Å². The maximum absolute atomic E-state index is 12.7. The molecule has 2 aromatic carbocycles. The van der Waals surface area contributed by atoms with Gasteiger partial charge < -0.3 is 30.2 Å². The van der Waals surface area contributed by atoms with E-state index in [1.165, 1.54) is 7.11 Å². The van der Waals surface area contributed by atoms with Gasteiger partial charge in [-0.3, -0.25) is 4.79 Å². The van der Waals surface area contributed by atoms with Gasteiger partial charge in [-0.2, -0.15) is 0 Å². The van der Waals surface area contributed by atoms with E-state index in [1.807, 2.05) is 12.1 Å². The minimum atomic E-state index is -0.244. The fraction of sp³-hybridized carbons (Fsp3) is 0.316. The second-order valence-corrected chi connectivity index (χ2v) is 5.90. The number of rotatable bonds is 5. The lowest BCUT2D eigenvalue weighted by molar-refractivity contribution is 0.102. The summed E-state index contributed by atoms with van der Waals surface area (Å²) in [5, 5.41) is 2.96. The van der Waals surface area contributed by atoms with Crippen LogP contribution >= 0.6 is 0 Å². The smallest absolute Gasteiger partial charge is 0.255 e. The summed E-state index contributed by atoms with van der Waals surface area (Å²) in [5.41, 5.74) is 8.58. The zero-order valence-corrected chi connectivity index (χ0v) is 15.0. The van der Waals surface area contributed by atoms with Gasteiger partial charge in [-0.15, -0.1) is 0 Å². The Morgan fingerprint density at radius 2 is 1.81 bits per heavy atom. The molecule has 0 radical (unpaired) electrons. The predicted octanol–water partition coefficient (Wildman–Crippen LogP) is 2.37. The number of amides is 1. The van der Waals surface area contributed by atoms with Crippen molar-refractivity contribution < 1.29 is 19.0 Å². The highest BCUT2D eigenvalue weighted by Gasteiger charge is 2.18. The average molecular weight is 357 g/mol. The number of nitrogens with one attached hydrogen (secondary N) is 1. The number of carbonyl (C=O) groups excluding carboxylic acids is 1. The van der Waals surface area contributed by atoms with E-state index in [4.69, 9.17) is 19.9 Å². The van der Waals surface area contributed by atoms with Crippen molar-refractivity contribution in [1.29, 1.82) is 0 Å². The molecule has 7 heteroatoms. The highest BCUT2D eigenvalue weighted by atomic mass is 16.5. The first-order valence-corrected chi connectivity index (χ1v) is 8.38. The number of anilines is 3. The molecule has 1 aliphatic rings. The number of carbonyl (C=O) groups is 1. The maximum atomic E-state index is 12.7. The fourth-order valence-corrected chi connectivity index (χ4v) is 2.91. The van der Waals surface area contributed by atoms with E-state index < -0.39 is 0 Å². The molecular weight excluding hydrogens is 334 g/mol. The van der Waals surface area contributed by atoms with Crippen molar-refractivity contribution in [2.24, 2.45) is 0 Å². The maximum Gasteiger partial charge on any atom is 0.255 e. The van der Waals surface area contributed by atoms with Crippen LogP contribution in [-0.4, -0.2) is 46.4 Å². The van der Waals surface area contributed by atoms with Crippen LogP contribution in [-0.2, 0) is 4.74 Å². The summed E-state index contributed by atoms with van der Waals surface area (Å²) in [6, 6.07) is 10.6. The largest absolute Gasteiger partial charge is 0.493 e. The number of ether oxygens (including phenoxy) is 3. The summed E-state index contributed by atoms with van der Waals surface area (Å²) in [5.74, 6) is 0.828. The van der Waals surface area contributed by atoms with Gasteiger partial charge in [-0.25, -0.2) is 0 Å². The second kappa shape index (κ2) is 7.97. The van der Waals surface area contributed by atoms with Crippen LogP contribution in [0, 0.1) is 0 Å². The first-order valence-electron chi connectivity index (χ1n) is 8.38. The van der Waals surface area contributed by atoms with Gasteiger partial charge in [0.05, 0.1) is 38.8 Å². The van der Waals surface area contributed by atoms with Crippen molar-refractivity contribution in [3.63, 3.8) is 0 Å². The van der Waals surface area contributed by atoms with Gasteiger partial charge in [0.1, 0.15) is 0 Å². The molecular formula is C19H23N3O4. The van der Waals surface area contributed by atoms with E-state index in [-0.39, 0.29) is 5.91 Å². The van der Waals surface area contributed by atoms with Crippen molar-refractivity contribution in [1.82, 2.24) is 0 Å². The first kappa shape index (κ1) is 17.9. The molecule has 1 amide bonds. The Balaban J connectivity index is 1.86. The summed E-state index contributed by atoms with van der Waals surface area (Å²) in [6.07, 6.45) is 0. The number of morpholine rings is 1. The summed E-state index contributed by atoms with van der Waals surface area (Å²) < 4.78 is 15.9. The summed E-state index contributed by atoms with van der Waals surface area (Å²) in [4.78, 5) is 14.9. The minimum absolute atomic E-state index is 0.244. The molecule has 26 heavy (non-hydrogen) atoms. The van der Waals surface area contributed by atoms with Gasteiger partial charge in [0.25, 0.3) is 5.91 Å². The molecule has 0 bridgehead atoms. The first-order chi connectivity index (χ1) is 12.6. The number of nitrogen functional groups attached to an aromatic ring is 1. The molecule has 138 valence electrons. The third-order valence-corrected chi connectivity index (χ3v) is 4.27. The van der Waals surface area contributed by atoms with Gasteiger partial charge in [-0.1, -0.05) is 0 Å². The Morgan fingerprint density at radius 3 is 2.50 bits per heavy atom. The Bertz CT molecular complexity index is 788. The molecule has 2 aromatic rings. The van der Waals surface area contributed by atoms with Crippen molar-refractivity contribution in [2.45, 2.75) is 0 Å². The summed E-state index contributed by atoms with van der Waals surface area (Å²) in [7, 11) is 3.09. The minimum Gasteiger partial charge on any atom is -0.493 e. The van der Waals surface area contributed by atoms with Crippen LogP contribution < -0.4 is 25.4 Å². The van der Waals surface area contributed by atoms with E-state index in [9.17, 15) is 4.79 Å². The van der Waals surface area contributed by atoms with Gasteiger partial charge in [0.2, 0.25) is 0 Å². The van der Waals surface area contributed by atoms with Gasteiger partial charge in [0, 0.05) is 24.3 Å². The van der Waals surface area contributed by atoms with Crippen LogP contribution in [0.3, 0.4) is 0 Å². The molecule has 0 atom stereocenters. The van der Waals surface area contributed by atoms with Crippen LogP contribution in [0.15, 0.2) is 36.4 Å². The number of methoxy groups -OCH3 is 2. The van der Waals surface area contributed by atoms with Crippen LogP contribution in [0.5, 0.6) is 11.5 Å². The van der Waals surface area contributed by atoms with Gasteiger partial charge >= 0.3 is 0 Å². The molecule has 0 aliphatic carbocycles. The molecule has 0 spiro atoms. The summed E-state index contributed by atoms with van der Waals surface area (Å²) >= 11 is 0. The Morgan fingerprint density at radius 1 is 1.08 bits per heavy atom. The van der Waals surface area contributed by atoms with Gasteiger partial charge in [0.15, 0.2) is 11.5 Å². The molecule has 7 nitrogen and oxygen atoms in total. The van der Waals surface area contributed by atoms with E-state index in [1.54, 1.807) is 31.4 Å². The fourth-order valence-electron chi connectivity index (χ4n) is 2.91. The molecule has 3 N–H and O–H groups in total. The van der Waals surface area contributed by atoms with Crippen molar-refractivity contribution >= 4 is 23.0 Å². The zero-order chi connectivity index (χ0) is 18.5. The van der Waals surface area contributed by atoms with E-state index in [2.05, 4.69) is 10.2 Å². The molecule has 0 aromatic heterocycles. The van der Waals surface area contributed by atoms with Crippen LogP contribution in [0.2, 0.25) is 0 Å². The van der Waals surface area contributed by atoms with Crippen molar-refractivity contribution in [2.75, 3.05) is 56.5 Å². The number of benzene rings is 2. The second-order valence-electron chi connectivity index (χ2n) is 5.90. The molecule has 1 saturated heterocycles. The van der Waals surface area contributed by atoms with Crippen LogP contribution in [0.4, 0.5) is 17.1 Å². The molecule has 0 saturated carbocycles. The number of hydrogen-bond acceptors (Lipinski definition) is 6. The summed E-state index contributed by atoms with van der Waals surface area (Å²) in [6.45, 7) is 2.85. The number of nitrogens with zero attached hydrogens (tertiary/aromatic N) is 1. The average Bonchev–Trinajstić information content (AvgIpc) is 2.68. The molecule has 1 heterocycles. The standard InChI is InChI=1S/C19H23N3O4/c1-24-17-6-3-13(11-18(17)25-2)19(23)21-15-12-14(20)4-5-16(15)22-7-9-26-10-8-22/h3-6,11-12H,7-10,20H2,1-2H3,(H,21,23). The monoisotopic (exact) mass is 357 g/mol. The van der Waals surface area contributed by atoms with E-state index in [0.29, 0.717) is 41.7 Å². The SMILES string of the molecule is COc1ccc(C(=O)Nc2cc(N)ccc2N2CCOCC2)cc1OC. The van der Waals surface area contributed by atoms with E-state index in [0.717, 1.165) is 18.8 Å². The molecule has 1 fully saturated rings. The quantitative estimate of drug-likeness (QED) is 0.799. The highest BCUT2D eigenvalue weighted by Crippen LogP contribution is 2.31. The Hall–Kier alpha value is -2.93. The van der Waals surface area contributed by atoms with Crippen molar-refractivity contribution in [3.8, 4) is 11.5 Å². The predicted molar refractivity (Wildman–Crippen MR) is 101 cm³/mol. The molecule has 1 aliphatic heterocycles. The molecule has 0 unspecified atom stereocenters. The number of hydrogen-bond donors (Lipinski definition) is 2. The zero-order valence-electron chi connectivity index (χ0n) is 15.0. The lowest BCUT2D eigenvalue weighted by Crippen LogP contribution is -2.36. The topological polar surface area (TPSA) is 86.0 Å². The molecule has 3 rings (SSSR count). The third kappa shape index (κ3) is 3.83. The lowest BCUT2D eigenvalue weighted by atomic mass is 10.1. The number of nitrogens with two attached hydrogens (primary N) is 1. The lowest BCUT2D eigenvalue weighted by Gasteiger charge is -2.30. The highest BCUT2D eigenvalue weighted by molar-refractivity contribution is 6.06.